The minimum Gasteiger partial charge on any atom is -0.355 e. The molecule has 3 rings (SSSR count). The van der Waals surface area contributed by atoms with Crippen LogP contribution in [0.5, 0.6) is 0 Å². The second-order valence-corrected chi connectivity index (χ2v) is 8.40. The normalized spacial score (nSPS) is 11.6. The van der Waals surface area contributed by atoms with E-state index < -0.39 is 17.8 Å². The molecule has 0 saturated carbocycles. The first kappa shape index (κ1) is 24.7. The lowest BCUT2D eigenvalue weighted by atomic mass is 10.0. The molecule has 1 atom stereocenters. The van der Waals surface area contributed by atoms with Crippen molar-refractivity contribution < 1.29 is 14.0 Å². The third kappa shape index (κ3) is 6.56. The van der Waals surface area contributed by atoms with E-state index >= 15 is 0 Å². The number of nitrogens with zero attached hydrogens (tertiary/aromatic N) is 1. The summed E-state index contributed by atoms with van der Waals surface area (Å²) in [6.45, 7) is 2.24. The van der Waals surface area contributed by atoms with E-state index in [1.54, 1.807) is 36.4 Å². The molecule has 3 aromatic carbocycles. The predicted octanol–water partition coefficient (Wildman–Crippen LogP) is 5.45. The molecule has 33 heavy (non-hydrogen) atoms. The Balaban J connectivity index is 2.02. The maximum absolute atomic E-state index is 14.3. The zero-order valence-electron chi connectivity index (χ0n) is 18.2. The zero-order valence-corrected chi connectivity index (χ0v) is 19.7. The summed E-state index contributed by atoms with van der Waals surface area (Å²) in [6, 6.07) is 19.8. The van der Waals surface area contributed by atoms with Crippen LogP contribution in [0.4, 0.5) is 4.39 Å². The first-order valence-electron chi connectivity index (χ1n) is 10.7. The molecule has 0 spiro atoms. The van der Waals surface area contributed by atoms with Gasteiger partial charge in [-0.15, -0.1) is 0 Å². The highest BCUT2D eigenvalue weighted by molar-refractivity contribution is 6.36. The van der Waals surface area contributed by atoms with Crippen LogP contribution in [-0.2, 0) is 29.0 Å². The quantitative estimate of drug-likeness (QED) is 0.437. The number of carbonyl (C=O) groups excluding carboxylic acids is 2. The maximum Gasteiger partial charge on any atom is 0.243 e. The SMILES string of the molecule is CCNC(=O)[C@@H](Cc1ccccc1)N(Cc1c(Cl)cccc1Cl)C(=O)Cc1ccccc1F. The highest BCUT2D eigenvalue weighted by atomic mass is 35.5. The number of rotatable bonds is 9. The summed E-state index contributed by atoms with van der Waals surface area (Å²) in [5, 5.41) is 3.60. The molecular formula is C26H25Cl2FN2O2. The summed E-state index contributed by atoms with van der Waals surface area (Å²) in [7, 11) is 0. The van der Waals surface area contributed by atoms with Gasteiger partial charge in [0.15, 0.2) is 0 Å². The summed E-state index contributed by atoms with van der Waals surface area (Å²) < 4.78 is 14.3. The largest absolute Gasteiger partial charge is 0.355 e. The van der Waals surface area contributed by atoms with E-state index in [-0.39, 0.29) is 30.9 Å². The number of likely N-dealkylation sites (N-methyl/N-ethyl adjacent to an activating group) is 1. The lowest BCUT2D eigenvalue weighted by molar-refractivity contribution is -0.140. The molecule has 3 aromatic rings. The molecule has 0 saturated heterocycles. The molecule has 0 aromatic heterocycles. The lowest BCUT2D eigenvalue weighted by Crippen LogP contribution is -2.51. The van der Waals surface area contributed by atoms with Crippen molar-refractivity contribution in [2.24, 2.45) is 0 Å². The van der Waals surface area contributed by atoms with Crippen LogP contribution in [-0.4, -0.2) is 29.3 Å². The fourth-order valence-electron chi connectivity index (χ4n) is 3.61. The van der Waals surface area contributed by atoms with Gasteiger partial charge in [0.2, 0.25) is 11.8 Å². The van der Waals surface area contributed by atoms with Gasteiger partial charge in [0.05, 0.1) is 6.42 Å². The number of amides is 2. The molecule has 0 aliphatic heterocycles. The highest BCUT2D eigenvalue weighted by Gasteiger charge is 2.31. The maximum atomic E-state index is 14.3. The van der Waals surface area contributed by atoms with Gasteiger partial charge in [-0.3, -0.25) is 9.59 Å². The van der Waals surface area contributed by atoms with Crippen LogP contribution in [0, 0.1) is 5.82 Å². The molecule has 172 valence electrons. The number of benzene rings is 3. The van der Waals surface area contributed by atoms with E-state index in [0.717, 1.165) is 5.56 Å². The Labute approximate surface area is 203 Å². The van der Waals surface area contributed by atoms with Crippen LogP contribution >= 0.6 is 23.2 Å². The van der Waals surface area contributed by atoms with Crippen molar-refractivity contribution in [3.05, 3.63) is 105 Å². The van der Waals surface area contributed by atoms with E-state index in [9.17, 15) is 14.0 Å². The van der Waals surface area contributed by atoms with Crippen molar-refractivity contribution in [3.63, 3.8) is 0 Å². The molecule has 0 heterocycles. The molecule has 0 unspecified atom stereocenters. The van der Waals surface area contributed by atoms with Gasteiger partial charge in [0, 0.05) is 35.1 Å². The Morgan fingerprint density at radius 1 is 0.939 bits per heavy atom. The Bertz CT molecular complexity index is 1090. The highest BCUT2D eigenvalue weighted by Crippen LogP contribution is 2.27. The van der Waals surface area contributed by atoms with Gasteiger partial charge in [-0.05, 0) is 36.2 Å². The molecule has 0 aliphatic rings. The van der Waals surface area contributed by atoms with E-state index in [4.69, 9.17) is 23.2 Å². The molecule has 0 bridgehead atoms. The minimum atomic E-state index is -0.834. The van der Waals surface area contributed by atoms with Gasteiger partial charge < -0.3 is 10.2 Å². The number of hydrogen-bond donors (Lipinski definition) is 1. The lowest BCUT2D eigenvalue weighted by Gasteiger charge is -2.32. The van der Waals surface area contributed by atoms with Gasteiger partial charge in [-0.25, -0.2) is 4.39 Å². The van der Waals surface area contributed by atoms with Crippen LogP contribution in [0.1, 0.15) is 23.6 Å². The second-order valence-electron chi connectivity index (χ2n) is 7.59. The van der Waals surface area contributed by atoms with Crippen LogP contribution in [0.2, 0.25) is 10.0 Å². The summed E-state index contributed by atoms with van der Waals surface area (Å²) >= 11 is 12.8. The summed E-state index contributed by atoms with van der Waals surface area (Å²) in [5.74, 6) is -1.17. The van der Waals surface area contributed by atoms with Crippen LogP contribution in [0.3, 0.4) is 0 Å². The fourth-order valence-corrected chi connectivity index (χ4v) is 4.12. The first-order valence-corrected chi connectivity index (χ1v) is 11.4. The zero-order chi connectivity index (χ0) is 23.8. The Hall–Kier alpha value is -2.89. The van der Waals surface area contributed by atoms with Crippen molar-refractivity contribution in [2.75, 3.05) is 6.54 Å². The van der Waals surface area contributed by atoms with Gasteiger partial charge >= 0.3 is 0 Å². The summed E-state index contributed by atoms with van der Waals surface area (Å²) in [4.78, 5) is 28.1. The first-order chi connectivity index (χ1) is 15.9. The molecule has 7 heteroatoms. The minimum absolute atomic E-state index is 0.0143. The van der Waals surface area contributed by atoms with Crippen molar-refractivity contribution in [1.29, 1.82) is 0 Å². The topological polar surface area (TPSA) is 49.4 Å². The molecular weight excluding hydrogens is 462 g/mol. The molecule has 1 N–H and O–H groups in total. The average Bonchev–Trinajstić information content (AvgIpc) is 2.80. The monoisotopic (exact) mass is 486 g/mol. The Morgan fingerprint density at radius 2 is 1.58 bits per heavy atom. The van der Waals surface area contributed by atoms with Crippen molar-refractivity contribution in [1.82, 2.24) is 10.2 Å². The molecule has 2 amide bonds. The van der Waals surface area contributed by atoms with Crippen LogP contribution in [0.25, 0.3) is 0 Å². The van der Waals surface area contributed by atoms with Crippen molar-refractivity contribution in [3.8, 4) is 0 Å². The third-order valence-electron chi connectivity index (χ3n) is 5.31. The number of nitrogens with one attached hydrogen (secondary N) is 1. The van der Waals surface area contributed by atoms with E-state index in [1.165, 1.54) is 11.0 Å². The molecule has 0 radical (unpaired) electrons. The van der Waals surface area contributed by atoms with Gasteiger partial charge in [0.25, 0.3) is 0 Å². The van der Waals surface area contributed by atoms with Gasteiger partial charge in [-0.2, -0.15) is 0 Å². The summed E-state index contributed by atoms with van der Waals surface area (Å²) in [6.07, 6.45) is 0.0944. The average molecular weight is 487 g/mol. The molecule has 0 fully saturated rings. The van der Waals surface area contributed by atoms with Gasteiger partial charge in [-0.1, -0.05) is 77.8 Å². The standard InChI is InChI=1S/C26H25Cl2FN2O2/c1-2-30-26(33)24(15-18-9-4-3-5-10-18)31(17-20-21(27)12-8-13-22(20)28)25(32)16-19-11-6-7-14-23(19)29/h3-14,24H,2,15-17H2,1H3,(H,30,33)/t24-/m1/s1. The number of carbonyl (C=O) groups is 2. The van der Waals surface area contributed by atoms with Crippen LogP contribution in [0.15, 0.2) is 72.8 Å². The Morgan fingerprint density at radius 3 is 2.21 bits per heavy atom. The van der Waals surface area contributed by atoms with E-state index in [0.29, 0.717) is 22.2 Å². The number of halogens is 3. The second kappa shape index (κ2) is 11.8. The van der Waals surface area contributed by atoms with Crippen molar-refractivity contribution in [2.45, 2.75) is 32.4 Å². The predicted molar refractivity (Wildman–Crippen MR) is 130 cm³/mol. The van der Waals surface area contributed by atoms with E-state index in [2.05, 4.69) is 5.32 Å². The third-order valence-corrected chi connectivity index (χ3v) is 6.02. The Kier molecular flexibility index (Phi) is 8.87. The van der Waals surface area contributed by atoms with Crippen LogP contribution < -0.4 is 5.32 Å². The summed E-state index contributed by atoms with van der Waals surface area (Å²) in [5.41, 5.74) is 1.68. The molecule has 4 nitrogen and oxygen atoms in total. The van der Waals surface area contributed by atoms with E-state index in [1.807, 2.05) is 37.3 Å². The number of hydrogen-bond acceptors (Lipinski definition) is 2. The van der Waals surface area contributed by atoms with Gasteiger partial charge in [0.1, 0.15) is 11.9 Å². The fraction of sp³-hybridized carbons (Fsp3) is 0.231. The molecule has 0 aliphatic carbocycles. The van der Waals surface area contributed by atoms with Crippen molar-refractivity contribution >= 4 is 35.0 Å². The smallest absolute Gasteiger partial charge is 0.243 e.